The molecule has 0 unspecified atom stereocenters. The van der Waals surface area contributed by atoms with Crippen molar-refractivity contribution in [3.63, 3.8) is 0 Å². The number of halogens is 1. The van der Waals surface area contributed by atoms with Crippen molar-refractivity contribution < 1.29 is 22.3 Å². The maximum atomic E-state index is 13.2. The van der Waals surface area contributed by atoms with Crippen LogP contribution in [0.3, 0.4) is 0 Å². The highest BCUT2D eigenvalue weighted by atomic mass is 32.2. The molecule has 1 N–H and O–H groups in total. The minimum atomic E-state index is -3.97. The summed E-state index contributed by atoms with van der Waals surface area (Å²) in [6, 6.07) is 3.41. The molecule has 1 aromatic carbocycles. The van der Waals surface area contributed by atoms with Gasteiger partial charge < -0.3 is 15.0 Å². The maximum Gasteiger partial charge on any atom is 0.286 e. The first-order valence-corrected chi connectivity index (χ1v) is 9.28. The van der Waals surface area contributed by atoms with E-state index in [1.807, 2.05) is 0 Å². The Balaban J connectivity index is 1.69. The largest absolute Gasteiger partial charge is 0.378 e. The fraction of sp³-hybridized carbons (Fsp3) is 0.385. The standard InChI is InChI=1S/C13H14FN3O4S2/c14-9-1-2-10-11(7-9)23(19,20)16-13(15-10)22-8-12(18)17-3-5-21-6-4-17/h1-2,7H,3-6,8H2,(H,15,16). The monoisotopic (exact) mass is 359 g/mol. The Bertz CT molecular complexity index is 760. The van der Waals surface area contributed by atoms with E-state index in [4.69, 9.17) is 4.74 Å². The Morgan fingerprint density at radius 3 is 2.87 bits per heavy atom. The second kappa shape index (κ2) is 6.46. The van der Waals surface area contributed by atoms with E-state index in [1.165, 1.54) is 6.07 Å². The van der Waals surface area contributed by atoms with Crippen LogP contribution in [0.1, 0.15) is 0 Å². The van der Waals surface area contributed by atoms with Gasteiger partial charge in [-0.05, 0) is 18.2 Å². The number of sulfonamides is 1. The third kappa shape index (κ3) is 3.65. The van der Waals surface area contributed by atoms with E-state index in [1.54, 1.807) is 4.90 Å². The number of thioether (sulfide) groups is 1. The predicted octanol–water partition coefficient (Wildman–Crippen LogP) is 0.888. The molecule has 1 amide bonds. The topological polar surface area (TPSA) is 88.1 Å². The van der Waals surface area contributed by atoms with Gasteiger partial charge in [-0.2, -0.15) is 8.42 Å². The number of carbonyl (C=O) groups excluding carboxylic acids is 1. The molecule has 1 aromatic rings. The van der Waals surface area contributed by atoms with Crippen molar-refractivity contribution in [2.24, 2.45) is 4.40 Å². The summed E-state index contributed by atoms with van der Waals surface area (Å²) < 4.78 is 46.1. The van der Waals surface area contributed by atoms with Crippen LogP contribution < -0.4 is 5.32 Å². The van der Waals surface area contributed by atoms with Gasteiger partial charge in [0.05, 0.1) is 24.7 Å². The number of morpholine rings is 1. The summed E-state index contributed by atoms with van der Waals surface area (Å²) in [5.41, 5.74) is 0.253. The number of benzene rings is 1. The molecule has 1 fully saturated rings. The van der Waals surface area contributed by atoms with E-state index in [2.05, 4.69) is 9.71 Å². The van der Waals surface area contributed by atoms with Crippen LogP contribution in [0.5, 0.6) is 0 Å². The SMILES string of the molecule is O=C(CSC1=NS(=O)(=O)c2cc(F)ccc2N1)N1CCOCC1. The molecule has 2 heterocycles. The summed E-state index contributed by atoms with van der Waals surface area (Å²) in [5.74, 6) is -0.689. The van der Waals surface area contributed by atoms with E-state index in [-0.39, 0.29) is 27.4 Å². The van der Waals surface area contributed by atoms with Crippen LogP contribution in [0, 0.1) is 5.82 Å². The minimum Gasteiger partial charge on any atom is -0.378 e. The summed E-state index contributed by atoms with van der Waals surface area (Å²) in [4.78, 5) is 13.5. The quantitative estimate of drug-likeness (QED) is 0.844. The van der Waals surface area contributed by atoms with Crippen LogP contribution in [0.15, 0.2) is 27.5 Å². The third-order valence-electron chi connectivity index (χ3n) is 3.36. The number of amides is 1. The average molecular weight is 359 g/mol. The first kappa shape index (κ1) is 16.2. The molecule has 7 nitrogen and oxygen atoms in total. The number of hydrogen-bond acceptors (Lipinski definition) is 6. The van der Waals surface area contributed by atoms with Crippen molar-refractivity contribution in [1.29, 1.82) is 0 Å². The van der Waals surface area contributed by atoms with Crippen LogP contribution >= 0.6 is 11.8 Å². The average Bonchev–Trinajstić information content (AvgIpc) is 2.54. The number of ether oxygens (including phenoxy) is 1. The van der Waals surface area contributed by atoms with Gasteiger partial charge in [-0.25, -0.2) is 4.39 Å². The Hall–Kier alpha value is -1.65. The Labute approximate surface area is 137 Å². The number of nitrogens with one attached hydrogen (secondary N) is 1. The molecule has 3 rings (SSSR count). The molecule has 2 aliphatic heterocycles. The van der Waals surface area contributed by atoms with Gasteiger partial charge in [0.2, 0.25) is 5.91 Å². The molecule has 23 heavy (non-hydrogen) atoms. The zero-order valence-electron chi connectivity index (χ0n) is 12.0. The van der Waals surface area contributed by atoms with E-state index >= 15 is 0 Å². The van der Waals surface area contributed by atoms with E-state index in [0.29, 0.717) is 26.3 Å². The molecule has 124 valence electrons. The van der Waals surface area contributed by atoms with Crippen molar-refractivity contribution in [2.75, 3.05) is 37.4 Å². The van der Waals surface area contributed by atoms with Gasteiger partial charge in [-0.15, -0.1) is 4.40 Å². The second-order valence-corrected chi connectivity index (χ2v) is 7.46. The molecule has 0 bridgehead atoms. The predicted molar refractivity (Wildman–Crippen MR) is 84.5 cm³/mol. The number of rotatable bonds is 2. The summed E-state index contributed by atoms with van der Waals surface area (Å²) in [6.45, 7) is 2.06. The highest BCUT2D eigenvalue weighted by Gasteiger charge is 2.26. The van der Waals surface area contributed by atoms with Gasteiger partial charge >= 0.3 is 0 Å². The van der Waals surface area contributed by atoms with E-state index < -0.39 is 15.8 Å². The van der Waals surface area contributed by atoms with Gasteiger partial charge in [-0.1, -0.05) is 11.8 Å². The smallest absolute Gasteiger partial charge is 0.286 e. The van der Waals surface area contributed by atoms with Crippen LogP contribution in [0.4, 0.5) is 10.1 Å². The van der Waals surface area contributed by atoms with Gasteiger partial charge in [-0.3, -0.25) is 4.79 Å². The van der Waals surface area contributed by atoms with Crippen molar-refractivity contribution in [2.45, 2.75) is 4.90 Å². The van der Waals surface area contributed by atoms with Crippen molar-refractivity contribution in [3.05, 3.63) is 24.0 Å². The third-order valence-corrected chi connectivity index (χ3v) is 5.65. The van der Waals surface area contributed by atoms with Crippen molar-refractivity contribution in [1.82, 2.24) is 4.90 Å². The summed E-state index contributed by atoms with van der Waals surface area (Å²) >= 11 is 1.00. The number of hydrogen-bond donors (Lipinski definition) is 1. The molecule has 0 spiro atoms. The van der Waals surface area contributed by atoms with Crippen molar-refractivity contribution in [3.8, 4) is 0 Å². The highest BCUT2D eigenvalue weighted by molar-refractivity contribution is 8.15. The minimum absolute atomic E-state index is 0.0673. The molecular weight excluding hydrogens is 345 g/mol. The zero-order chi connectivity index (χ0) is 16.4. The Morgan fingerprint density at radius 2 is 2.13 bits per heavy atom. The lowest BCUT2D eigenvalue weighted by molar-refractivity contribution is -0.132. The lowest BCUT2D eigenvalue weighted by Crippen LogP contribution is -2.41. The van der Waals surface area contributed by atoms with Gasteiger partial charge in [0.15, 0.2) is 5.17 Å². The van der Waals surface area contributed by atoms with Gasteiger partial charge in [0.25, 0.3) is 10.0 Å². The molecule has 0 atom stereocenters. The Morgan fingerprint density at radius 1 is 1.39 bits per heavy atom. The lowest BCUT2D eigenvalue weighted by atomic mass is 10.3. The maximum absolute atomic E-state index is 13.2. The summed E-state index contributed by atoms with van der Waals surface area (Å²) in [6.07, 6.45) is 0. The van der Waals surface area contributed by atoms with Crippen LogP contribution in [0.25, 0.3) is 0 Å². The first-order valence-electron chi connectivity index (χ1n) is 6.85. The number of amidine groups is 1. The van der Waals surface area contributed by atoms with Crippen LogP contribution in [-0.2, 0) is 19.6 Å². The second-order valence-electron chi connectivity index (χ2n) is 4.92. The summed E-state index contributed by atoms with van der Waals surface area (Å²) in [7, 11) is -3.97. The molecule has 0 aromatic heterocycles. The van der Waals surface area contributed by atoms with Crippen molar-refractivity contribution >= 4 is 38.5 Å². The van der Waals surface area contributed by atoms with E-state index in [9.17, 15) is 17.6 Å². The van der Waals surface area contributed by atoms with Crippen LogP contribution in [-0.4, -0.2) is 56.4 Å². The number of nitrogens with zero attached hydrogens (tertiary/aromatic N) is 2. The molecule has 1 saturated heterocycles. The molecule has 0 radical (unpaired) electrons. The van der Waals surface area contributed by atoms with Gasteiger partial charge in [0.1, 0.15) is 10.7 Å². The zero-order valence-corrected chi connectivity index (χ0v) is 13.6. The van der Waals surface area contributed by atoms with E-state index in [0.717, 1.165) is 23.9 Å². The molecule has 2 aliphatic rings. The molecule has 0 saturated carbocycles. The fourth-order valence-electron chi connectivity index (χ4n) is 2.21. The highest BCUT2D eigenvalue weighted by Crippen LogP contribution is 2.30. The molecule has 0 aliphatic carbocycles. The van der Waals surface area contributed by atoms with Gasteiger partial charge in [0, 0.05) is 13.1 Å². The number of fused-ring (bicyclic) bond motifs is 1. The summed E-state index contributed by atoms with van der Waals surface area (Å²) in [5, 5.41) is 2.91. The molecule has 10 heteroatoms. The normalized spacial score (nSPS) is 19.5. The fourth-order valence-corrected chi connectivity index (χ4v) is 4.36. The van der Waals surface area contributed by atoms with Crippen LogP contribution in [0.2, 0.25) is 0 Å². The molecular formula is C13H14FN3O4S2. The number of carbonyl (C=O) groups is 1. The number of anilines is 1. The Kier molecular flexibility index (Phi) is 4.55. The first-order chi connectivity index (χ1) is 11.0. The lowest BCUT2D eigenvalue weighted by Gasteiger charge is -2.27.